The fraction of sp³-hybridized carbons (Fsp3) is 0.455. The Hall–Kier alpha value is -2.49. The first-order valence-electron chi connectivity index (χ1n) is 10.4. The average Bonchev–Trinajstić information content (AvgIpc) is 3.43. The maximum Gasteiger partial charge on any atom is 0.283 e. The summed E-state index contributed by atoms with van der Waals surface area (Å²) in [5.41, 5.74) is 4.94. The van der Waals surface area contributed by atoms with E-state index >= 15 is 0 Å². The molecule has 0 amide bonds. The molecule has 0 bridgehead atoms. The Labute approximate surface area is 182 Å². The van der Waals surface area contributed by atoms with Crippen LogP contribution in [0, 0.1) is 34.6 Å². The summed E-state index contributed by atoms with van der Waals surface area (Å²) in [6.45, 7) is 12.4. The summed E-state index contributed by atoms with van der Waals surface area (Å²) < 4.78 is 39.5. The van der Waals surface area contributed by atoms with E-state index in [4.69, 9.17) is 8.83 Å². The summed E-state index contributed by atoms with van der Waals surface area (Å²) in [6, 6.07) is 3.53. The normalized spacial score (nSPS) is 16.2. The zero-order valence-electron chi connectivity index (χ0n) is 18.6. The molecule has 2 aromatic heterocycles. The molecule has 4 rings (SSSR count). The summed E-state index contributed by atoms with van der Waals surface area (Å²) in [5, 5.41) is 8.10. The molecule has 3 aromatic rings. The first kappa shape index (κ1) is 21.7. The molecule has 1 saturated heterocycles. The molecular formula is C22H28N4O4S. The minimum atomic E-state index is -3.56. The average molecular weight is 445 g/mol. The molecule has 0 saturated carbocycles. The summed E-state index contributed by atoms with van der Waals surface area (Å²) in [7, 11) is -3.56. The van der Waals surface area contributed by atoms with E-state index in [0.29, 0.717) is 55.2 Å². The molecule has 1 aliphatic heterocycles. The highest BCUT2D eigenvalue weighted by molar-refractivity contribution is 7.89. The van der Waals surface area contributed by atoms with Gasteiger partial charge in [0, 0.05) is 26.2 Å². The van der Waals surface area contributed by atoms with Crippen LogP contribution in [0.25, 0.3) is 11.7 Å². The molecule has 9 heteroatoms. The first-order chi connectivity index (χ1) is 14.7. The maximum atomic E-state index is 13.5. The largest absolute Gasteiger partial charge is 0.459 e. The molecule has 0 spiro atoms. The number of aromatic nitrogens is 2. The van der Waals surface area contributed by atoms with E-state index in [-0.39, 0.29) is 0 Å². The molecule has 0 aliphatic carbocycles. The lowest BCUT2D eigenvalue weighted by Gasteiger charge is -2.34. The number of hydrogen-bond donors (Lipinski definition) is 0. The molecule has 0 atom stereocenters. The van der Waals surface area contributed by atoms with Crippen LogP contribution in [-0.4, -0.2) is 54.0 Å². The predicted molar refractivity (Wildman–Crippen MR) is 116 cm³/mol. The van der Waals surface area contributed by atoms with E-state index in [1.54, 1.807) is 22.7 Å². The van der Waals surface area contributed by atoms with Crippen LogP contribution in [0.3, 0.4) is 0 Å². The third-order valence-corrected chi connectivity index (χ3v) is 8.59. The van der Waals surface area contributed by atoms with Crippen molar-refractivity contribution >= 4 is 10.0 Å². The zero-order chi connectivity index (χ0) is 22.3. The summed E-state index contributed by atoms with van der Waals surface area (Å²) in [6.07, 6.45) is 1.55. The van der Waals surface area contributed by atoms with Crippen LogP contribution in [0.15, 0.2) is 32.1 Å². The van der Waals surface area contributed by atoms with Gasteiger partial charge >= 0.3 is 0 Å². The second-order valence-corrected chi connectivity index (χ2v) is 9.99. The van der Waals surface area contributed by atoms with E-state index in [1.807, 2.05) is 27.7 Å². The fourth-order valence-electron chi connectivity index (χ4n) is 4.12. The second-order valence-electron chi connectivity index (χ2n) is 8.11. The second kappa shape index (κ2) is 8.22. The molecule has 166 valence electrons. The molecule has 0 radical (unpaired) electrons. The minimum Gasteiger partial charge on any atom is -0.459 e. The van der Waals surface area contributed by atoms with Crippen molar-refractivity contribution in [1.29, 1.82) is 0 Å². The van der Waals surface area contributed by atoms with Crippen LogP contribution in [-0.2, 0) is 16.6 Å². The monoisotopic (exact) mass is 444 g/mol. The molecule has 3 heterocycles. The van der Waals surface area contributed by atoms with Gasteiger partial charge in [-0.2, -0.15) is 4.31 Å². The van der Waals surface area contributed by atoms with Gasteiger partial charge in [0.05, 0.1) is 17.7 Å². The van der Waals surface area contributed by atoms with Crippen molar-refractivity contribution < 1.29 is 17.3 Å². The van der Waals surface area contributed by atoms with Gasteiger partial charge in [-0.1, -0.05) is 0 Å². The van der Waals surface area contributed by atoms with Crippen molar-refractivity contribution in [3.63, 3.8) is 0 Å². The standard InChI is InChI=1S/C22H28N4O4S/c1-14-15(2)17(4)21(18(5)16(14)3)31(27,28)26-10-8-25(9-11-26)13-20-23-24-22(30-20)19-7-6-12-29-19/h6-7,12H,8-11,13H2,1-5H3. The van der Waals surface area contributed by atoms with Crippen molar-refractivity contribution in [2.75, 3.05) is 26.2 Å². The highest BCUT2D eigenvalue weighted by Crippen LogP contribution is 2.32. The third kappa shape index (κ3) is 3.93. The number of hydrogen-bond acceptors (Lipinski definition) is 7. The molecule has 1 aromatic carbocycles. The number of furan rings is 1. The van der Waals surface area contributed by atoms with Gasteiger partial charge < -0.3 is 8.83 Å². The Bertz CT molecular complexity index is 1160. The Morgan fingerprint density at radius 1 is 0.903 bits per heavy atom. The molecular weight excluding hydrogens is 416 g/mol. The van der Waals surface area contributed by atoms with Gasteiger partial charge in [0.2, 0.25) is 15.9 Å². The van der Waals surface area contributed by atoms with Crippen molar-refractivity contribution in [2.45, 2.75) is 46.1 Å². The number of nitrogens with zero attached hydrogens (tertiary/aromatic N) is 4. The molecule has 31 heavy (non-hydrogen) atoms. The Balaban J connectivity index is 1.47. The van der Waals surface area contributed by atoms with Crippen LogP contribution in [0.1, 0.15) is 33.7 Å². The van der Waals surface area contributed by atoms with Gasteiger partial charge in [-0.3, -0.25) is 4.90 Å². The third-order valence-electron chi connectivity index (χ3n) is 6.42. The predicted octanol–water partition coefficient (Wildman–Crippen LogP) is 3.38. The molecule has 0 N–H and O–H groups in total. The number of benzene rings is 1. The Kier molecular flexibility index (Phi) is 5.76. The van der Waals surface area contributed by atoms with Gasteiger partial charge in [-0.25, -0.2) is 8.42 Å². The summed E-state index contributed by atoms with van der Waals surface area (Å²) >= 11 is 0. The first-order valence-corrected chi connectivity index (χ1v) is 11.8. The molecule has 1 aliphatic rings. The summed E-state index contributed by atoms with van der Waals surface area (Å²) in [4.78, 5) is 2.58. The van der Waals surface area contributed by atoms with Crippen LogP contribution >= 0.6 is 0 Å². The smallest absolute Gasteiger partial charge is 0.283 e. The zero-order valence-corrected chi connectivity index (χ0v) is 19.4. The van der Waals surface area contributed by atoms with Crippen LogP contribution < -0.4 is 0 Å². The van der Waals surface area contributed by atoms with Crippen molar-refractivity contribution in [2.24, 2.45) is 0 Å². The van der Waals surface area contributed by atoms with Gasteiger partial charge in [0.1, 0.15) is 0 Å². The van der Waals surface area contributed by atoms with E-state index in [0.717, 1.165) is 27.8 Å². The Morgan fingerprint density at radius 3 is 2.10 bits per heavy atom. The van der Waals surface area contributed by atoms with Crippen molar-refractivity contribution in [1.82, 2.24) is 19.4 Å². The minimum absolute atomic E-state index is 0.345. The van der Waals surface area contributed by atoms with Crippen molar-refractivity contribution in [3.05, 3.63) is 52.1 Å². The highest BCUT2D eigenvalue weighted by Gasteiger charge is 2.32. The number of rotatable bonds is 5. The summed E-state index contributed by atoms with van der Waals surface area (Å²) in [5.74, 6) is 1.36. The fourth-order valence-corrected chi connectivity index (χ4v) is 6.10. The number of piperazine rings is 1. The van der Waals surface area contributed by atoms with Crippen molar-refractivity contribution in [3.8, 4) is 11.7 Å². The van der Waals surface area contributed by atoms with Crippen LogP contribution in [0.4, 0.5) is 0 Å². The Morgan fingerprint density at radius 2 is 1.52 bits per heavy atom. The topological polar surface area (TPSA) is 92.7 Å². The SMILES string of the molecule is Cc1c(C)c(C)c(S(=O)(=O)N2CCN(Cc3nnc(-c4ccco4)o3)CC2)c(C)c1C. The van der Waals surface area contributed by atoms with E-state index < -0.39 is 10.0 Å². The number of sulfonamides is 1. The van der Waals surface area contributed by atoms with Gasteiger partial charge in [-0.05, 0) is 74.6 Å². The van der Waals surface area contributed by atoms with Gasteiger partial charge in [0.25, 0.3) is 5.89 Å². The maximum absolute atomic E-state index is 13.5. The molecule has 0 unspecified atom stereocenters. The van der Waals surface area contributed by atoms with Gasteiger partial charge in [-0.15, -0.1) is 10.2 Å². The quantitative estimate of drug-likeness (QED) is 0.596. The lowest BCUT2D eigenvalue weighted by Crippen LogP contribution is -2.48. The lowest BCUT2D eigenvalue weighted by atomic mass is 9.95. The van der Waals surface area contributed by atoms with Crippen LogP contribution in [0.2, 0.25) is 0 Å². The van der Waals surface area contributed by atoms with E-state index in [9.17, 15) is 8.42 Å². The lowest BCUT2D eigenvalue weighted by molar-refractivity contribution is 0.168. The highest BCUT2D eigenvalue weighted by atomic mass is 32.2. The van der Waals surface area contributed by atoms with E-state index in [1.165, 1.54) is 0 Å². The van der Waals surface area contributed by atoms with Crippen LogP contribution in [0.5, 0.6) is 0 Å². The molecule has 1 fully saturated rings. The van der Waals surface area contributed by atoms with E-state index in [2.05, 4.69) is 22.0 Å². The molecule has 8 nitrogen and oxygen atoms in total. The van der Waals surface area contributed by atoms with Gasteiger partial charge in [0.15, 0.2) is 5.76 Å².